The van der Waals surface area contributed by atoms with E-state index in [1.54, 1.807) is 12.1 Å². The van der Waals surface area contributed by atoms with Crippen LogP contribution in [0.1, 0.15) is 15.9 Å². The average Bonchev–Trinajstić information content (AvgIpc) is 2.54. The first-order chi connectivity index (χ1) is 10.9. The summed E-state index contributed by atoms with van der Waals surface area (Å²) in [6, 6.07) is 10.3. The zero-order valence-electron chi connectivity index (χ0n) is 12.9. The molecule has 0 amide bonds. The van der Waals surface area contributed by atoms with E-state index in [9.17, 15) is 13.2 Å². The first-order valence-electron chi connectivity index (χ1n) is 6.65. The summed E-state index contributed by atoms with van der Waals surface area (Å²) >= 11 is 0. The number of carbonyl (C=O) groups excluding carboxylic acids is 1. The van der Waals surface area contributed by atoms with Crippen LogP contribution in [-0.2, 0) is 14.9 Å². The van der Waals surface area contributed by atoms with Crippen LogP contribution in [0, 0.1) is 6.92 Å². The normalized spacial score (nSPS) is 10.9. The second-order valence-electron chi connectivity index (χ2n) is 4.70. The van der Waals surface area contributed by atoms with Crippen LogP contribution in [-0.4, -0.2) is 28.6 Å². The first kappa shape index (κ1) is 16.8. The Bertz CT molecular complexity index is 809. The van der Waals surface area contributed by atoms with E-state index in [0.29, 0.717) is 0 Å². The van der Waals surface area contributed by atoms with Crippen molar-refractivity contribution in [2.75, 3.05) is 14.2 Å². The minimum atomic E-state index is -3.97. The van der Waals surface area contributed by atoms with Crippen molar-refractivity contribution < 1.29 is 26.9 Å². The topological polar surface area (TPSA) is 78.9 Å². The Labute approximate surface area is 134 Å². The lowest BCUT2D eigenvalue weighted by Gasteiger charge is -2.11. The predicted octanol–water partition coefficient (Wildman–Crippen LogP) is 2.56. The molecule has 122 valence electrons. The number of esters is 1. The van der Waals surface area contributed by atoms with E-state index in [4.69, 9.17) is 8.92 Å². The molecule has 23 heavy (non-hydrogen) atoms. The van der Waals surface area contributed by atoms with Gasteiger partial charge in [0.05, 0.1) is 14.2 Å². The molecule has 0 aliphatic carbocycles. The van der Waals surface area contributed by atoms with Crippen molar-refractivity contribution in [1.82, 2.24) is 0 Å². The van der Waals surface area contributed by atoms with Crippen LogP contribution in [0.25, 0.3) is 0 Å². The molecule has 0 N–H and O–H groups in total. The molecule has 2 aromatic carbocycles. The monoisotopic (exact) mass is 336 g/mol. The van der Waals surface area contributed by atoms with Gasteiger partial charge in [0, 0.05) is 6.07 Å². The van der Waals surface area contributed by atoms with Crippen molar-refractivity contribution in [3.8, 4) is 11.5 Å². The van der Waals surface area contributed by atoms with E-state index in [1.165, 1.54) is 44.6 Å². The van der Waals surface area contributed by atoms with Crippen molar-refractivity contribution in [3.63, 3.8) is 0 Å². The average molecular weight is 336 g/mol. The van der Waals surface area contributed by atoms with Gasteiger partial charge >= 0.3 is 16.1 Å². The molecular weight excluding hydrogens is 320 g/mol. The van der Waals surface area contributed by atoms with Crippen LogP contribution in [0.15, 0.2) is 47.4 Å². The van der Waals surface area contributed by atoms with Gasteiger partial charge in [-0.2, -0.15) is 8.42 Å². The Hall–Kier alpha value is -2.54. The number of carbonyl (C=O) groups is 1. The molecule has 0 saturated carbocycles. The van der Waals surface area contributed by atoms with Crippen LogP contribution < -0.4 is 8.92 Å². The molecule has 0 aromatic heterocycles. The summed E-state index contributed by atoms with van der Waals surface area (Å²) in [6.45, 7) is 1.85. The van der Waals surface area contributed by atoms with E-state index in [2.05, 4.69) is 4.74 Å². The summed E-state index contributed by atoms with van der Waals surface area (Å²) in [5.74, 6) is -0.390. The molecule has 0 bridgehead atoms. The largest absolute Gasteiger partial charge is 0.496 e. The molecule has 0 aliphatic heterocycles. The number of hydrogen-bond donors (Lipinski definition) is 0. The van der Waals surface area contributed by atoms with Gasteiger partial charge in [-0.15, -0.1) is 0 Å². The van der Waals surface area contributed by atoms with E-state index in [0.717, 1.165) is 5.56 Å². The maximum absolute atomic E-state index is 12.2. The molecular formula is C16H16O6S. The fourth-order valence-corrected chi connectivity index (χ4v) is 2.80. The van der Waals surface area contributed by atoms with E-state index in [-0.39, 0.29) is 22.0 Å². The third kappa shape index (κ3) is 3.81. The van der Waals surface area contributed by atoms with Gasteiger partial charge in [0.15, 0.2) is 0 Å². The van der Waals surface area contributed by atoms with E-state index < -0.39 is 16.1 Å². The molecule has 0 radical (unpaired) electrons. The van der Waals surface area contributed by atoms with Gasteiger partial charge in [0.1, 0.15) is 22.0 Å². The number of methoxy groups -OCH3 is 2. The maximum atomic E-state index is 12.2. The lowest BCUT2D eigenvalue weighted by Crippen LogP contribution is -2.10. The highest BCUT2D eigenvalue weighted by molar-refractivity contribution is 7.87. The second-order valence-corrected chi connectivity index (χ2v) is 6.25. The first-order valence-corrected chi connectivity index (χ1v) is 8.05. The maximum Gasteiger partial charge on any atom is 0.341 e. The minimum Gasteiger partial charge on any atom is -0.496 e. The molecule has 2 rings (SSSR count). The van der Waals surface area contributed by atoms with Crippen molar-refractivity contribution in [2.24, 2.45) is 0 Å². The third-order valence-electron chi connectivity index (χ3n) is 3.09. The molecule has 2 aromatic rings. The van der Waals surface area contributed by atoms with Crippen LogP contribution in [0.4, 0.5) is 0 Å². The lowest BCUT2D eigenvalue weighted by molar-refractivity contribution is 0.0597. The molecule has 0 spiro atoms. The highest BCUT2D eigenvalue weighted by Crippen LogP contribution is 2.27. The Morgan fingerprint density at radius 3 is 2.22 bits per heavy atom. The van der Waals surface area contributed by atoms with Gasteiger partial charge < -0.3 is 13.7 Å². The molecule has 7 heteroatoms. The molecule has 0 heterocycles. The van der Waals surface area contributed by atoms with E-state index >= 15 is 0 Å². The Morgan fingerprint density at radius 1 is 1.00 bits per heavy atom. The minimum absolute atomic E-state index is 0.0371. The Balaban J connectivity index is 2.32. The zero-order chi connectivity index (χ0) is 17.0. The number of hydrogen-bond acceptors (Lipinski definition) is 6. The summed E-state index contributed by atoms with van der Waals surface area (Å²) in [5, 5.41) is 0. The van der Waals surface area contributed by atoms with Gasteiger partial charge in [-0.3, -0.25) is 0 Å². The Morgan fingerprint density at radius 2 is 1.65 bits per heavy atom. The fraction of sp³-hybridized carbons (Fsp3) is 0.188. The van der Waals surface area contributed by atoms with Gasteiger partial charge in [-0.25, -0.2) is 4.79 Å². The molecule has 0 unspecified atom stereocenters. The molecule has 6 nitrogen and oxygen atoms in total. The van der Waals surface area contributed by atoms with Crippen molar-refractivity contribution in [3.05, 3.63) is 53.6 Å². The summed E-state index contributed by atoms with van der Waals surface area (Å²) in [7, 11) is -1.36. The Kier molecular flexibility index (Phi) is 4.90. The lowest BCUT2D eigenvalue weighted by atomic mass is 10.2. The standard InChI is InChI=1S/C16H16O6S/c1-11-4-7-13(8-5-11)23(18,19)22-12-6-9-14(16(17)21-3)15(10-12)20-2/h4-10H,1-3H3. The van der Waals surface area contributed by atoms with Crippen molar-refractivity contribution in [1.29, 1.82) is 0 Å². The predicted molar refractivity (Wildman–Crippen MR) is 83.3 cm³/mol. The van der Waals surface area contributed by atoms with E-state index in [1.807, 2.05) is 6.92 Å². The van der Waals surface area contributed by atoms with Crippen LogP contribution in [0.2, 0.25) is 0 Å². The van der Waals surface area contributed by atoms with Gasteiger partial charge in [0.25, 0.3) is 0 Å². The fourth-order valence-electron chi connectivity index (χ4n) is 1.88. The highest BCUT2D eigenvalue weighted by Gasteiger charge is 2.19. The smallest absolute Gasteiger partial charge is 0.341 e. The molecule has 0 atom stereocenters. The molecule has 0 aliphatic rings. The number of ether oxygens (including phenoxy) is 2. The summed E-state index contributed by atoms with van der Waals surface area (Å²) in [6.07, 6.45) is 0. The van der Waals surface area contributed by atoms with Gasteiger partial charge in [-0.1, -0.05) is 17.7 Å². The number of rotatable bonds is 5. The molecule has 0 saturated heterocycles. The van der Waals surface area contributed by atoms with Crippen molar-refractivity contribution >= 4 is 16.1 Å². The summed E-state index contributed by atoms with van der Waals surface area (Å²) < 4.78 is 39.2. The van der Waals surface area contributed by atoms with Crippen molar-refractivity contribution in [2.45, 2.75) is 11.8 Å². The van der Waals surface area contributed by atoms with Crippen LogP contribution in [0.5, 0.6) is 11.5 Å². The van der Waals surface area contributed by atoms with Crippen LogP contribution in [0.3, 0.4) is 0 Å². The quantitative estimate of drug-likeness (QED) is 0.617. The third-order valence-corrected chi connectivity index (χ3v) is 4.36. The molecule has 0 fully saturated rings. The number of benzene rings is 2. The summed E-state index contributed by atoms with van der Waals surface area (Å²) in [5.41, 5.74) is 1.11. The van der Waals surface area contributed by atoms with Gasteiger partial charge in [0.2, 0.25) is 0 Å². The van der Waals surface area contributed by atoms with Crippen LogP contribution >= 0.6 is 0 Å². The summed E-state index contributed by atoms with van der Waals surface area (Å²) in [4.78, 5) is 11.6. The zero-order valence-corrected chi connectivity index (χ0v) is 13.7. The SMILES string of the molecule is COC(=O)c1ccc(OS(=O)(=O)c2ccc(C)cc2)cc1OC. The number of aryl methyl sites for hydroxylation is 1. The highest BCUT2D eigenvalue weighted by atomic mass is 32.2. The van der Waals surface area contributed by atoms with Gasteiger partial charge in [-0.05, 0) is 31.2 Å². The second kappa shape index (κ2) is 6.70.